The van der Waals surface area contributed by atoms with Crippen LogP contribution in [0.3, 0.4) is 0 Å². The number of benzene rings is 1. The maximum Gasteiger partial charge on any atom is 0.389 e. The quantitative estimate of drug-likeness (QED) is 0.680. The molecule has 0 unspecified atom stereocenters. The predicted molar refractivity (Wildman–Crippen MR) is 63.4 cm³/mol. The fourth-order valence-electron chi connectivity index (χ4n) is 1.22. The number of rotatable bonds is 4. The predicted octanol–water partition coefficient (Wildman–Crippen LogP) is 3.03. The Labute approximate surface area is 116 Å². The summed E-state index contributed by atoms with van der Waals surface area (Å²) in [5, 5.41) is 1.91. The van der Waals surface area contributed by atoms with Gasteiger partial charge < -0.3 is 5.32 Å². The molecule has 0 aromatic heterocycles. The average Bonchev–Trinajstić information content (AvgIpc) is 2.27. The van der Waals surface area contributed by atoms with Crippen molar-refractivity contribution in [3.63, 3.8) is 0 Å². The standard InChI is InChI=1S/C10H8ClF4NO3S/c11-20(18,19)6-1-2-8(7(12)5-6)16-9(17)3-4-10(13,14)15/h1-2,5H,3-4H2,(H,16,17). The Bertz CT molecular complexity index is 615. The van der Waals surface area contributed by atoms with Gasteiger partial charge in [0, 0.05) is 17.1 Å². The van der Waals surface area contributed by atoms with Crippen molar-refractivity contribution in [3.05, 3.63) is 24.0 Å². The van der Waals surface area contributed by atoms with Crippen LogP contribution in [-0.2, 0) is 13.8 Å². The number of carbonyl (C=O) groups excluding carboxylic acids is 1. The lowest BCUT2D eigenvalue weighted by Gasteiger charge is -2.08. The SMILES string of the molecule is O=C(CCC(F)(F)F)Nc1ccc(S(=O)(=O)Cl)cc1F. The van der Waals surface area contributed by atoms with E-state index in [0.717, 1.165) is 12.1 Å². The van der Waals surface area contributed by atoms with Gasteiger partial charge in [-0.2, -0.15) is 13.2 Å². The van der Waals surface area contributed by atoms with E-state index < -0.39 is 50.4 Å². The van der Waals surface area contributed by atoms with Crippen molar-refractivity contribution in [2.45, 2.75) is 23.9 Å². The minimum absolute atomic E-state index is 0.429. The molecule has 0 saturated carbocycles. The van der Waals surface area contributed by atoms with Gasteiger partial charge in [0.2, 0.25) is 5.91 Å². The highest BCUT2D eigenvalue weighted by Gasteiger charge is 2.28. The lowest BCUT2D eigenvalue weighted by Crippen LogP contribution is -2.17. The Morgan fingerprint density at radius 3 is 2.35 bits per heavy atom. The summed E-state index contributed by atoms with van der Waals surface area (Å²) in [5.41, 5.74) is -0.429. The van der Waals surface area contributed by atoms with E-state index in [1.165, 1.54) is 0 Å². The summed E-state index contributed by atoms with van der Waals surface area (Å²) in [5.74, 6) is -2.16. The van der Waals surface area contributed by atoms with Crippen molar-refractivity contribution in [1.29, 1.82) is 0 Å². The van der Waals surface area contributed by atoms with Crippen LogP contribution in [0.5, 0.6) is 0 Å². The lowest BCUT2D eigenvalue weighted by atomic mass is 10.2. The van der Waals surface area contributed by atoms with Gasteiger partial charge >= 0.3 is 6.18 Å². The largest absolute Gasteiger partial charge is 0.389 e. The van der Waals surface area contributed by atoms with E-state index in [0.29, 0.717) is 6.07 Å². The van der Waals surface area contributed by atoms with Gasteiger partial charge in [0.05, 0.1) is 17.0 Å². The van der Waals surface area contributed by atoms with Crippen LogP contribution in [0, 0.1) is 5.82 Å². The number of halogens is 5. The molecule has 0 spiro atoms. The van der Waals surface area contributed by atoms with E-state index in [2.05, 4.69) is 0 Å². The first-order chi connectivity index (χ1) is 8.99. The molecule has 0 aliphatic heterocycles. The summed E-state index contributed by atoms with van der Waals surface area (Å²) >= 11 is 0. The number of hydrogen-bond acceptors (Lipinski definition) is 3. The van der Waals surface area contributed by atoms with Crippen molar-refractivity contribution >= 4 is 31.3 Å². The summed E-state index contributed by atoms with van der Waals surface area (Å²) < 4.78 is 70.9. The normalized spacial score (nSPS) is 12.2. The molecule has 0 fully saturated rings. The minimum Gasteiger partial charge on any atom is -0.324 e. The Morgan fingerprint density at radius 2 is 1.90 bits per heavy atom. The summed E-state index contributed by atoms with van der Waals surface area (Å²) in [7, 11) is 0.852. The van der Waals surface area contributed by atoms with Crippen molar-refractivity contribution in [1.82, 2.24) is 0 Å². The number of anilines is 1. The molecule has 112 valence electrons. The smallest absolute Gasteiger partial charge is 0.324 e. The molecule has 0 bridgehead atoms. The summed E-state index contributed by atoms with van der Waals surface area (Å²) in [6.45, 7) is 0. The number of amides is 1. The van der Waals surface area contributed by atoms with Gasteiger partial charge in [0.15, 0.2) is 0 Å². The molecular formula is C10H8ClF4NO3S. The van der Waals surface area contributed by atoms with Crippen LogP contribution >= 0.6 is 10.7 Å². The van der Waals surface area contributed by atoms with Crippen molar-refractivity contribution in [2.24, 2.45) is 0 Å². The molecule has 1 aromatic carbocycles. The minimum atomic E-state index is -4.49. The highest BCUT2D eigenvalue weighted by Crippen LogP contribution is 2.24. The first kappa shape index (κ1) is 16.7. The lowest BCUT2D eigenvalue weighted by molar-refractivity contribution is -0.142. The molecule has 0 aliphatic carbocycles. The van der Waals surface area contributed by atoms with Crippen LogP contribution in [0.25, 0.3) is 0 Å². The molecule has 0 saturated heterocycles. The second kappa shape index (κ2) is 5.96. The third-order valence-corrected chi connectivity index (χ3v) is 3.48. The summed E-state index contributed by atoms with van der Waals surface area (Å²) in [6, 6.07) is 2.38. The van der Waals surface area contributed by atoms with Crippen LogP contribution in [0.2, 0.25) is 0 Å². The topological polar surface area (TPSA) is 63.2 Å². The number of nitrogens with one attached hydrogen (secondary N) is 1. The Balaban J connectivity index is 2.77. The molecular weight excluding hydrogens is 326 g/mol. The van der Waals surface area contributed by atoms with Gasteiger partial charge in [0.25, 0.3) is 9.05 Å². The summed E-state index contributed by atoms with van der Waals surface area (Å²) in [6.07, 6.45) is -6.69. The van der Waals surface area contributed by atoms with Crippen molar-refractivity contribution in [3.8, 4) is 0 Å². The van der Waals surface area contributed by atoms with Crippen LogP contribution in [0.1, 0.15) is 12.8 Å². The van der Waals surface area contributed by atoms with Crippen molar-refractivity contribution in [2.75, 3.05) is 5.32 Å². The molecule has 0 aliphatic rings. The van der Waals surface area contributed by atoms with Crippen LogP contribution in [0.15, 0.2) is 23.1 Å². The zero-order valence-electron chi connectivity index (χ0n) is 9.67. The third-order valence-electron chi connectivity index (χ3n) is 2.13. The maximum absolute atomic E-state index is 13.5. The molecule has 1 N–H and O–H groups in total. The van der Waals surface area contributed by atoms with E-state index in [-0.39, 0.29) is 0 Å². The number of alkyl halides is 3. The maximum atomic E-state index is 13.5. The Hall–Kier alpha value is -1.35. The molecule has 0 heterocycles. The van der Waals surface area contributed by atoms with Gasteiger partial charge in [-0.15, -0.1) is 0 Å². The van der Waals surface area contributed by atoms with Crippen LogP contribution in [-0.4, -0.2) is 20.5 Å². The highest BCUT2D eigenvalue weighted by atomic mass is 35.7. The van der Waals surface area contributed by atoms with Gasteiger partial charge in [-0.25, -0.2) is 12.8 Å². The first-order valence-electron chi connectivity index (χ1n) is 5.10. The van der Waals surface area contributed by atoms with E-state index in [1.54, 1.807) is 0 Å². The number of hydrogen-bond donors (Lipinski definition) is 1. The molecule has 1 aromatic rings. The van der Waals surface area contributed by atoms with Gasteiger partial charge in [-0.1, -0.05) is 0 Å². The van der Waals surface area contributed by atoms with Crippen molar-refractivity contribution < 1.29 is 30.8 Å². The molecule has 20 heavy (non-hydrogen) atoms. The zero-order valence-corrected chi connectivity index (χ0v) is 11.2. The third kappa shape index (κ3) is 5.33. The molecule has 0 atom stereocenters. The molecule has 10 heteroatoms. The van der Waals surface area contributed by atoms with E-state index in [9.17, 15) is 30.8 Å². The van der Waals surface area contributed by atoms with Gasteiger partial charge in [-0.05, 0) is 18.2 Å². The van der Waals surface area contributed by atoms with Gasteiger partial charge in [0.1, 0.15) is 5.82 Å². The highest BCUT2D eigenvalue weighted by molar-refractivity contribution is 8.13. The molecule has 0 radical (unpaired) electrons. The second-order valence-electron chi connectivity index (χ2n) is 3.74. The van der Waals surface area contributed by atoms with Crippen LogP contribution in [0.4, 0.5) is 23.2 Å². The first-order valence-corrected chi connectivity index (χ1v) is 7.41. The Morgan fingerprint density at radius 1 is 1.30 bits per heavy atom. The fourth-order valence-corrected chi connectivity index (χ4v) is 1.98. The average molecular weight is 334 g/mol. The van der Waals surface area contributed by atoms with E-state index in [4.69, 9.17) is 10.7 Å². The zero-order chi connectivity index (χ0) is 15.6. The monoisotopic (exact) mass is 333 g/mol. The summed E-state index contributed by atoms with van der Waals surface area (Å²) in [4.78, 5) is 10.6. The number of carbonyl (C=O) groups is 1. The molecule has 1 amide bonds. The molecule has 4 nitrogen and oxygen atoms in total. The Kier molecular flexibility index (Phi) is 4.98. The van der Waals surface area contributed by atoms with E-state index >= 15 is 0 Å². The van der Waals surface area contributed by atoms with E-state index in [1.807, 2.05) is 5.32 Å². The van der Waals surface area contributed by atoms with Gasteiger partial charge in [-0.3, -0.25) is 4.79 Å². The second-order valence-corrected chi connectivity index (χ2v) is 6.31. The fraction of sp³-hybridized carbons (Fsp3) is 0.300. The van der Waals surface area contributed by atoms with Crippen LogP contribution < -0.4 is 5.32 Å². The molecule has 1 rings (SSSR count).